The summed E-state index contributed by atoms with van der Waals surface area (Å²) in [7, 11) is 0. The minimum Gasteiger partial charge on any atom is -0.481 e. The van der Waals surface area contributed by atoms with E-state index in [2.05, 4.69) is 10.6 Å². The maximum atomic E-state index is 12.4. The molecule has 5 nitrogen and oxygen atoms in total. The fourth-order valence-electron chi connectivity index (χ4n) is 2.33. The molecule has 0 spiro atoms. The summed E-state index contributed by atoms with van der Waals surface area (Å²) in [6.45, 7) is 5.55. The maximum Gasteiger partial charge on any atom is 0.265 e. The van der Waals surface area contributed by atoms with E-state index < -0.39 is 6.10 Å². The maximum absolute atomic E-state index is 12.4. The zero-order chi connectivity index (χ0) is 19.1. The van der Waals surface area contributed by atoms with Crippen LogP contribution in [0.2, 0.25) is 5.02 Å². The van der Waals surface area contributed by atoms with Gasteiger partial charge in [-0.25, -0.2) is 0 Å². The summed E-state index contributed by atoms with van der Waals surface area (Å²) >= 11 is 6.16. The second-order valence-corrected chi connectivity index (χ2v) is 6.47. The van der Waals surface area contributed by atoms with Crippen molar-refractivity contribution in [3.05, 3.63) is 53.1 Å². The first kappa shape index (κ1) is 19.8. The normalized spacial score (nSPS) is 11.5. The summed E-state index contributed by atoms with van der Waals surface area (Å²) in [5.41, 5.74) is 2.05. The lowest BCUT2D eigenvalue weighted by atomic mass is 10.2. The number of hydrogen-bond acceptors (Lipinski definition) is 3. The van der Waals surface area contributed by atoms with Gasteiger partial charge in [-0.15, -0.1) is 0 Å². The van der Waals surface area contributed by atoms with E-state index >= 15 is 0 Å². The third kappa shape index (κ3) is 5.77. The lowest BCUT2D eigenvalue weighted by molar-refractivity contribution is -0.122. The van der Waals surface area contributed by atoms with Gasteiger partial charge in [-0.1, -0.05) is 30.7 Å². The van der Waals surface area contributed by atoms with Crippen molar-refractivity contribution in [3.63, 3.8) is 0 Å². The molecule has 0 aliphatic heterocycles. The predicted octanol–water partition coefficient (Wildman–Crippen LogP) is 4.79. The van der Waals surface area contributed by atoms with Crippen LogP contribution in [0.3, 0.4) is 0 Å². The number of carbonyl (C=O) groups excluding carboxylic acids is 2. The zero-order valence-corrected chi connectivity index (χ0v) is 15.9. The van der Waals surface area contributed by atoms with Crippen LogP contribution in [0.1, 0.15) is 32.3 Å². The second-order valence-electron chi connectivity index (χ2n) is 6.06. The highest BCUT2D eigenvalue weighted by Crippen LogP contribution is 2.26. The van der Waals surface area contributed by atoms with Crippen molar-refractivity contribution in [1.82, 2.24) is 0 Å². The molecule has 2 rings (SSSR count). The molecule has 26 heavy (non-hydrogen) atoms. The summed E-state index contributed by atoms with van der Waals surface area (Å²) in [5.74, 6) is 0.216. The van der Waals surface area contributed by atoms with Gasteiger partial charge in [0, 0.05) is 12.1 Å². The summed E-state index contributed by atoms with van der Waals surface area (Å²) in [5, 5.41) is 5.91. The van der Waals surface area contributed by atoms with Crippen molar-refractivity contribution < 1.29 is 14.3 Å². The van der Waals surface area contributed by atoms with Gasteiger partial charge in [0.15, 0.2) is 6.10 Å². The molecule has 138 valence electrons. The number of anilines is 2. The fourth-order valence-corrected chi connectivity index (χ4v) is 2.49. The summed E-state index contributed by atoms with van der Waals surface area (Å²) < 4.78 is 5.67. The Kier molecular flexibility index (Phi) is 7.04. The number of carbonyl (C=O) groups is 2. The molecule has 0 bridgehead atoms. The monoisotopic (exact) mass is 374 g/mol. The summed E-state index contributed by atoms with van der Waals surface area (Å²) in [4.78, 5) is 24.1. The molecule has 0 saturated heterocycles. The number of nitrogens with one attached hydrogen (secondary N) is 2. The van der Waals surface area contributed by atoms with Crippen molar-refractivity contribution in [3.8, 4) is 5.75 Å². The van der Waals surface area contributed by atoms with Crippen LogP contribution < -0.4 is 15.4 Å². The number of hydrogen-bond donors (Lipinski definition) is 2. The van der Waals surface area contributed by atoms with Crippen molar-refractivity contribution in [1.29, 1.82) is 0 Å². The van der Waals surface area contributed by atoms with Gasteiger partial charge in [-0.05, 0) is 56.2 Å². The SMILES string of the molecule is CCCC(=O)Nc1ccc(Cl)c(NC(=O)C(C)Oc2cccc(C)c2)c1. The standard InChI is InChI=1S/C20H23ClN2O3/c1-4-6-19(24)22-15-9-10-17(21)18(12-15)23-20(25)14(3)26-16-8-5-7-13(2)11-16/h5,7-12,14H,4,6H2,1-3H3,(H,22,24)(H,23,25). The molecule has 1 unspecified atom stereocenters. The van der Waals surface area contributed by atoms with Crippen LogP contribution in [0, 0.1) is 6.92 Å². The van der Waals surface area contributed by atoms with Crippen LogP contribution in [0.4, 0.5) is 11.4 Å². The van der Waals surface area contributed by atoms with Crippen LogP contribution in [-0.2, 0) is 9.59 Å². The van der Waals surface area contributed by atoms with Crippen LogP contribution >= 0.6 is 11.6 Å². The van der Waals surface area contributed by atoms with Gasteiger partial charge < -0.3 is 15.4 Å². The number of benzene rings is 2. The van der Waals surface area contributed by atoms with E-state index in [1.807, 2.05) is 32.0 Å². The number of ether oxygens (including phenoxy) is 1. The van der Waals surface area contributed by atoms with E-state index in [1.54, 1.807) is 31.2 Å². The molecular weight excluding hydrogens is 352 g/mol. The molecule has 0 radical (unpaired) electrons. The van der Waals surface area contributed by atoms with E-state index in [-0.39, 0.29) is 11.8 Å². The Labute approximate surface area is 158 Å². The Morgan fingerprint density at radius 1 is 1.15 bits per heavy atom. The predicted molar refractivity (Wildman–Crippen MR) is 105 cm³/mol. The van der Waals surface area contributed by atoms with Gasteiger partial charge in [0.1, 0.15) is 5.75 Å². The first-order chi connectivity index (χ1) is 12.4. The Hall–Kier alpha value is -2.53. The highest BCUT2D eigenvalue weighted by Gasteiger charge is 2.16. The van der Waals surface area contributed by atoms with Gasteiger partial charge in [0.2, 0.25) is 5.91 Å². The average molecular weight is 375 g/mol. The van der Waals surface area contributed by atoms with E-state index in [0.29, 0.717) is 28.6 Å². The van der Waals surface area contributed by atoms with Crippen LogP contribution in [-0.4, -0.2) is 17.9 Å². The van der Waals surface area contributed by atoms with Gasteiger partial charge in [0.05, 0.1) is 10.7 Å². The van der Waals surface area contributed by atoms with E-state index in [4.69, 9.17) is 16.3 Å². The molecule has 0 aromatic heterocycles. The average Bonchev–Trinajstić information content (AvgIpc) is 2.58. The molecule has 0 fully saturated rings. The number of aryl methyl sites for hydroxylation is 1. The number of amides is 2. The highest BCUT2D eigenvalue weighted by atomic mass is 35.5. The van der Waals surface area contributed by atoms with Gasteiger partial charge in [0.25, 0.3) is 5.91 Å². The minimum atomic E-state index is -0.703. The quantitative estimate of drug-likeness (QED) is 0.731. The van der Waals surface area contributed by atoms with E-state index in [9.17, 15) is 9.59 Å². The first-order valence-corrected chi connectivity index (χ1v) is 8.90. The van der Waals surface area contributed by atoms with Crippen molar-refractivity contribution in [2.75, 3.05) is 10.6 Å². The Morgan fingerprint density at radius 2 is 1.92 bits per heavy atom. The van der Waals surface area contributed by atoms with Crippen LogP contribution in [0.25, 0.3) is 0 Å². The molecule has 6 heteroatoms. The van der Waals surface area contributed by atoms with Crippen LogP contribution in [0.5, 0.6) is 5.75 Å². The molecule has 0 saturated carbocycles. The molecular formula is C20H23ClN2O3. The van der Waals surface area contributed by atoms with Crippen molar-refractivity contribution in [2.45, 2.75) is 39.7 Å². The lowest BCUT2D eigenvalue weighted by Crippen LogP contribution is -2.30. The number of rotatable bonds is 7. The van der Waals surface area contributed by atoms with Gasteiger partial charge in [-0.3, -0.25) is 9.59 Å². The lowest BCUT2D eigenvalue weighted by Gasteiger charge is -2.16. The number of halogens is 1. The first-order valence-electron chi connectivity index (χ1n) is 8.52. The molecule has 2 aromatic rings. The molecule has 2 N–H and O–H groups in total. The molecule has 1 atom stereocenters. The van der Waals surface area contributed by atoms with Gasteiger partial charge in [-0.2, -0.15) is 0 Å². The molecule has 0 aliphatic rings. The topological polar surface area (TPSA) is 67.4 Å². The highest BCUT2D eigenvalue weighted by molar-refractivity contribution is 6.34. The van der Waals surface area contributed by atoms with E-state index in [0.717, 1.165) is 12.0 Å². The summed E-state index contributed by atoms with van der Waals surface area (Å²) in [6.07, 6.45) is 0.494. The van der Waals surface area contributed by atoms with Gasteiger partial charge >= 0.3 is 0 Å². The van der Waals surface area contributed by atoms with Crippen LogP contribution in [0.15, 0.2) is 42.5 Å². The molecule has 2 amide bonds. The third-order valence-corrected chi connectivity index (χ3v) is 3.99. The molecule has 0 heterocycles. The Balaban J connectivity index is 2.04. The Morgan fingerprint density at radius 3 is 2.62 bits per heavy atom. The molecule has 0 aliphatic carbocycles. The third-order valence-electron chi connectivity index (χ3n) is 3.66. The fraction of sp³-hybridized carbons (Fsp3) is 0.300. The Bertz CT molecular complexity index is 792. The molecule has 2 aromatic carbocycles. The van der Waals surface area contributed by atoms with E-state index in [1.165, 1.54) is 0 Å². The summed E-state index contributed by atoms with van der Waals surface area (Å²) in [6, 6.07) is 12.4. The second kappa shape index (κ2) is 9.25. The largest absolute Gasteiger partial charge is 0.481 e. The smallest absolute Gasteiger partial charge is 0.265 e. The minimum absolute atomic E-state index is 0.0803. The van der Waals surface area contributed by atoms with Crippen molar-refractivity contribution in [2.24, 2.45) is 0 Å². The van der Waals surface area contributed by atoms with Crippen molar-refractivity contribution >= 4 is 34.8 Å². The zero-order valence-electron chi connectivity index (χ0n) is 15.1.